The number of hydrogen-bond donors (Lipinski definition) is 0. The summed E-state index contributed by atoms with van der Waals surface area (Å²) in [4.78, 5) is 16.4. The summed E-state index contributed by atoms with van der Waals surface area (Å²) in [6.45, 7) is 0. The van der Waals surface area contributed by atoms with E-state index < -0.39 is 0 Å². The molecule has 3 rings (SSSR count). The van der Waals surface area contributed by atoms with Crippen LogP contribution >= 0.6 is 20.7 Å². The Morgan fingerprint density at radius 1 is 1.18 bits per heavy atom. The van der Waals surface area contributed by atoms with Crippen molar-refractivity contribution in [2.24, 2.45) is 0 Å². The summed E-state index contributed by atoms with van der Waals surface area (Å²) in [5.41, 5.74) is 1.71. The molecule has 84 valence electrons. The minimum Gasteiger partial charge on any atom is -0.269 e. The van der Waals surface area contributed by atoms with Crippen LogP contribution in [0, 0.1) is 0 Å². The lowest BCUT2D eigenvalue weighted by molar-refractivity contribution is 1.00. The minimum atomic E-state index is -0.139. The van der Waals surface area contributed by atoms with Gasteiger partial charge in [-0.25, -0.2) is 4.98 Å². The molecule has 0 radical (unpaired) electrons. The molecule has 0 saturated carbocycles. The monoisotopic (exact) mass is 336 g/mol. The van der Waals surface area contributed by atoms with Gasteiger partial charge < -0.3 is 0 Å². The molecule has 1 aliphatic rings. The van der Waals surface area contributed by atoms with E-state index in [1.54, 1.807) is 10.6 Å². The highest BCUT2D eigenvalue weighted by molar-refractivity contribution is 14.2. The topological polar surface area (TPSA) is 34.9 Å². The third-order valence-electron chi connectivity index (χ3n) is 2.49. The molecule has 3 nitrogen and oxygen atoms in total. The normalized spacial score (nSPS) is 12.9. The van der Waals surface area contributed by atoms with Crippen LogP contribution in [0.25, 0.3) is 17.3 Å². The summed E-state index contributed by atoms with van der Waals surface area (Å²) in [7, 11) is 0. The molecule has 0 unspecified atom stereocenters. The van der Waals surface area contributed by atoms with Crippen molar-refractivity contribution in [2.75, 3.05) is 0 Å². The Balaban J connectivity index is 2.22. The molecule has 0 amide bonds. The second-order valence-electron chi connectivity index (χ2n) is 3.59. The van der Waals surface area contributed by atoms with Crippen molar-refractivity contribution in [3.05, 3.63) is 56.7 Å². The maximum Gasteiger partial charge on any atom is 0.258 e. The van der Waals surface area contributed by atoms with Gasteiger partial charge in [-0.3, -0.25) is 9.36 Å². The lowest BCUT2D eigenvalue weighted by Gasteiger charge is -2.08. The Bertz CT molecular complexity index is 672. The van der Waals surface area contributed by atoms with E-state index >= 15 is 0 Å². The molecular formula is C13H9IN2O. The first-order chi connectivity index (χ1) is 8.34. The van der Waals surface area contributed by atoms with Crippen LogP contribution in [-0.4, -0.2) is 13.7 Å². The van der Waals surface area contributed by atoms with Crippen LogP contribution in [-0.2, 0) is 0 Å². The summed E-state index contributed by atoms with van der Waals surface area (Å²) in [6, 6.07) is 11.4. The second-order valence-corrected chi connectivity index (χ2v) is 5.59. The molecule has 0 fully saturated rings. The number of benzene rings is 1. The van der Waals surface area contributed by atoms with Gasteiger partial charge in [0.1, 0.15) is 5.82 Å². The van der Waals surface area contributed by atoms with Gasteiger partial charge in [-0.15, -0.1) is 0 Å². The van der Waals surface area contributed by atoms with E-state index in [0.29, 0.717) is 0 Å². The molecule has 0 atom stereocenters. The number of aromatic nitrogens is 2. The molecule has 0 bridgehead atoms. The summed E-state index contributed by atoms with van der Waals surface area (Å²) < 4.78 is 5.70. The molecule has 0 saturated heterocycles. The number of hydrogen-bond acceptors (Lipinski definition) is 2. The largest absolute Gasteiger partial charge is 0.269 e. The van der Waals surface area contributed by atoms with Gasteiger partial charge >= 0.3 is 0 Å². The number of halogens is 1. The predicted molar refractivity (Wildman–Crippen MR) is 78.4 cm³/mol. The molecule has 1 aliphatic heterocycles. The highest BCUT2D eigenvalue weighted by atomic mass is 127. The molecule has 0 N–H and O–H groups in total. The molecule has 0 spiro atoms. The van der Waals surface area contributed by atoms with Crippen LogP contribution in [0.2, 0.25) is 0 Å². The van der Waals surface area contributed by atoms with E-state index in [1.807, 2.05) is 40.5 Å². The molecule has 4 heteroatoms. The maximum atomic E-state index is 11.9. The fourth-order valence-corrected chi connectivity index (χ4v) is 3.26. The van der Waals surface area contributed by atoms with Crippen molar-refractivity contribution in [3.63, 3.8) is 0 Å². The lowest BCUT2D eigenvalue weighted by Crippen LogP contribution is -2.23. The van der Waals surface area contributed by atoms with E-state index in [0.717, 1.165) is 17.1 Å². The first kappa shape index (κ1) is 10.6. The zero-order chi connectivity index (χ0) is 11.7. The average Bonchev–Trinajstić information content (AvgIpc) is 2.40. The summed E-state index contributed by atoms with van der Waals surface area (Å²) in [5, 5.41) is 0. The Hall–Kier alpha value is -1.56. The van der Waals surface area contributed by atoms with Crippen LogP contribution in [0.5, 0.6) is 0 Å². The van der Waals surface area contributed by atoms with E-state index in [4.69, 9.17) is 0 Å². The molecular weight excluding hydrogens is 327 g/mol. The number of rotatable bonds is 1. The third kappa shape index (κ3) is 2.00. The molecule has 0 aliphatic carbocycles. The van der Waals surface area contributed by atoms with Crippen LogP contribution < -0.4 is 5.56 Å². The van der Waals surface area contributed by atoms with Crippen molar-refractivity contribution in [1.29, 1.82) is 0 Å². The van der Waals surface area contributed by atoms with E-state index in [9.17, 15) is 4.79 Å². The minimum absolute atomic E-state index is 0.00194. The summed E-state index contributed by atoms with van der Waals surface area (Å²) >= 11 is -0.139. The van der Waals surface area contributed by atoms with Gasteiger partial charge in [0.25, 0.3) is 5.56 Å². The van der Waals surface area contributed by atoms with Crippen LogP contribution in [0.15, 0.2) is 45.3 Å². The zero-order valence-corrected chi connectivity index (χ0v) is 11.0. The molecule has 1 aromatic heterocycles. The Morgan fingerprint density at radius 2 is 2.00 bits per heavy atom. The van der Waals surface area contributed by atoms with Crippen molar-refractivity contribution in [2.45, 2.75) is 0 Å². The van der Waals surface area contributed by atoms with Gasteiger partial charge in [-0.05, 0) is 10.2 Å². The van der Waals surface area contributed by atoms with Gasteiger partial charge in [-0.2, -0.15) is 0 Å². The number of nitrogens with zero attached hydrogens (tertiary/aromatic N) is 2. The summed E-state index contributed by atoms with van der Waals surface area (Å²) in [6.07, 6.45) is 1.93. The van der Waals surface area contributed by atoms with Crippen LogP contribution in [0.4, 0.5) is 0 Å². The highest BCUT2D eigenvalue weighted by Crippen LogP contribution is 2.17. The quantitative estimate of drug-likeness (QED) is 0.750. The molecule has 1 aromatic carbocycles. The average molecular weight is 336 g/mol. The van der Waals surface area contributed by atoms with E-state index in [2.05, 4.69) is 9.07 Å². The van der Waals surface area contributed by atoms with Crippen molar-refractivity contribution >= 4 is 30.9 Å². The first-order valence-electron chi connectivity index (χ1n) is 5.15. The molecule has 2 heterocycles. The van der Waals surface area contributed by atoms with Gasteiger partial charge in [0.2, 0.25) is 0 Å². The Labute approximate surface area is 108 Å². The molecule has 2 aromatic rings. The van der Waals surface area contributed by atoms with Crippen molar-refractivity contribution < 1.29 is 0 Å². The SMILES string of the molecule is O=c1cc(-c2ccccc2)nc2n1C=IC=C2. The van der Waals surface area contributed by atoms with E-state index in [-0.39, 0.29) is 26.3 Å². The predicted octanol–water partition coefficient (Wildman–Crippen LogP) is 2.47. The van der Waals surface area contributed by atoms with Crippen LogP contribution in [0.3, 0.4) is 0 Å². The molecule has 17 heavy (non-hydrogen) atoms. The lowest BCUT2D eigenvalue weighted by atomic mass is 10.1. The fourth-order valence-electron chi connectivity index (χ4n) is 1.66. The first-order valence-corrected chi connectivity index (χ1v) is 7.64. The highest BCUT2D eigenvalue weighted by Gasteiger charge is 2.07. The summed E-state index contributed by atoms with van der Waals surface area (Å²) in [5.74, 6) is 0.724. The fraction of sp³-hybridized carbons (Fsp3) is 0. The van der Waals surface area contributed by atoms with Crippen LogP contribution in [0.1, 0.15) is 5.82 Å². The number of fused-ring (bicyclic) bond motifs is 1. The van der Waals surface area contributed by atoms with Crippen molar-refractivity contribution in [1.82, 2.24) is 9.55 Å². The van der Waals surface area contributed by atoms with Gasteiger partial charge in [0, 0.05) is 15.8 Å². The third-order valence-corrected chi connectivity index (χ3v) is 4.14. The Kier molecular flexibility index (Phi) is 2.72. The van der Waals surface area contributed by atoms with Gasteiger partial charge in [0.05, 0.1) is 5.69 Å². The smallest absolute Gasteiger partial charge is 0.258 e. The van der Waals surface area contributed by atoms with Gasteiger partial charge in [0.15, 0.2) is 0 Å². The zero-order valence-electron chi connectivity index (χ0n) is 8.88. The van der Waals surface area contributed by atoms with Crippen molar-refractivity contribution in [3.8, 4) is 11.3 Å². The Morgan fingerprint density at radius 3 is 2.82 bits per heavy atom. The standard InChI is InChI=1S/C13H9IN2O/c17-13-8-11(10-4-2-1-3-5-10)15-12-6-7-14-9-16(12)13/h1-9H. The second kappa shape index (κ2) is 4.37. The van der Waals surface area contributed by atoms with Gasteiger partial charge in [-0.1, -0.05) is 51.1 Å². The van der Waals surface area contributed by atoms with E-state index in [1.165, 1.54) is 0 Å². The maximum absolute atomic E-state index is 11.9.